The van der Waals surface area contributed by atoms with Crippen molar-refractivity contribution in [1.82, 2.24) is 0 Å². The van der Waals surface area contributed by atoms with Gasteiger partial charge in [-0.15, -0.1) is 0 Å². The normalized spacial score (nSPS) is 24.6. The number of benzene rings is 1. The second-order valence-corrected chi connectivity index (χ2v) is 6.16. The molecule has 2 rings (SSSR count). The highest BCUT2D eigenvalue weighted by atomic mass is 79.9. The van der Waals surface area contributed by atoms with E-state index in [-0.39, 0.29) is 6.04 Å². The van der Waals surface area contributed by atoms with E-state index in [0.717, 1.165) is 29.8 Å². The fraction of sp³-hybridized carbons (Fsp3) is 0.600. The van der Waals surface area contributed by atoms with E-state index in [2.05, 4.69) is 47.1 Å². The minimum atomic E-state index is 0.277. The number of hydrogen-bond donors (Lipinski definition) is 1. The van der Waals surface area contributed by atoms with Gasteiger partial charge in [0.05, 0.1) is 6.10 Å². The summed E-state index contributed by atoms with van der Waals surface area (Å²) in [6.07, 6.45) is 4.99. The van der Waals surface area contributed by atoms with Crippen molar-refractivity contribution in [2.75, 3.05) is 6.61 Å². The van der Waals surface area contributed by atoms with Crippen LogP contribution in [0.15, 0.2) is 28.7 Å². The molecule has 0 heterocycles. The van der Waals surface area contributed by atoms with Crippen molar-refractivity contribution in [2.45, 2.75) is 44.8 Å². The third-order valence-electron chi connectivity index (χ3n) is 3.64. The molecule has 1 aromatic rings. The van der Waals surface area contributed by atoms with Crippen LogP contribution in [-0.4, -0.2) is 18.8 Å². The van der Waals surface area contributed by atoms with Gasteiger partial charge in [-0.25, -0.2) is 0 Å². The molecule has 0 radical (unpaired) electrons. The second kappa shape index (κ2) is 6.69. The van der Waals surface area contributed by atoms with Gasteiger partial charge in [0.15, 0.2) is 0 Å². The summed E-state index contributed by atoms with van der Waals surface area (Å²) in [6, 6.07) is 8.73. The average molecular weight is 312 g/mol. The van der Waals surface area contributed by atoms with Gasteiger partial charge in [0, 0.05) is 17.1 Å². The van der Waals surface area contributed by atoms with Gasteiger partial charge in [0.2, 0.25) is 0 Å². The molecule has 0 saturated heterocycles. The quantitative estimate of drug-likeness (QED) is 0.872. The lowest BCUT2D eigenvalue weighted by Crippen LogP contribution is -2.36. The Hall–Kier alpha value is -0.380. The zero-order valence-corrected chi connectivity index (χ0v) is 12.5. The molecule has 0 aliphatic heterocycles. The zero-order valence-electron chi connectivity index (χ0n) is 10.9. The van der Waals surface area contributed by atoms with Crippen molar-refractivity contribution in [3.8, 4) is 0 Å². The van der Waals surface area contributed by atoms with Gasteiger partial charge in [-0.3, -0.25) is 0 Å². The summed E-state index contributed by atoms with van der Waals surface area (Å²) in [4.78, 5) is 0. The first-order valence-electron chi connectivity index (χ1n) is 6.79. The Balaban J connectivity index is 1.70. The van der Waals surface area contributed by atoms with Gasteiger partial charge in [-0.1, -0.05) is 28.1 Å². The Morgan fingerprint density at radius 2 is 2.00 bits per heavy atom. The Kier molecular flexibility index (Phi) is 5.22. The minimum absolute atomic E-state index is 0.277. The fourth-order valence-corrected chi connectivity index (χ4v) is 2.94. The molecule has 1 aliphatic rings. The summed E-state index contributed by atoms with van der Waals surface area (Å²) in [5.41, 5.74) is 7.55. The topological polar surface area (TPSA) is 35.2 Å². The van der Waals surface area contributed by atoms with Crippen molar-refractivity contribution < 1.29 is 4.74 Å². The van der Waals surface area contributed by atoms with Crippen LogP contribution in [0.1, 0.15) is 31.7 Å². The monoisotopic (exact) mass is 311 g/mol. The van der Waals surface area contributed by atoms with E-state index in [9.17, 15) is 0 Å². The molecule has 2 nitrogen and oxygen atoms in total. The van der Waals surface area contributed by atoms with Gasteiger partial charge in [0.1, 0.15) is 0 Å². The molecular formula is C15H22BrNO. The SMILES string of the molecule is CCOC1CC(CC(N)Cc2ccc(Br)cc2)C1. The fourth-order valence-electron chi connectivity index (χ4n) is 2.67. The number of nitrogens with two attached hydrogens (primary N) is 1. The highest BCUT2D eigenvalue weighted by Crippen LogP contribution is 2.33. The second-order valence-electron chi connectivity index (χ2n) is 5.24. The summed E-state index contributed by atoms with van der Waals surface area (Å²) in [5, 5.41) is 0. The van der Waals surface area contributed by atoms with Gasteiger partial charge < -0.3 is 10.5 Å². The van der Waals surface area contributed by atoms with Crippen LogP contribution in [0.3, 0.4) is 0 Å². The Bertz CT molecular complexity index is 359. The van der Waals surface area contributed by atoms with E-state index in [1.165, 1.54) is 18.4 Å². The van der Waals surface area contributed by atoms with Crippen LogP contribution in [0, 0.1) is 5.92 Å². The maximum absolute atomic E-state index is 6.22. The summed E-state index contributed by atoms with van der Waals surface area (Å²) in [7, 11) is 0. The lowest BCUT2D eigenvalue weighted by molar-refractivity contribution is -0.0280. The van der Waals surface area contributed by atoms with Crippen LogP contribution in [0.25, 0.3) is 0 Å². The first kappa shape index (κ1) is 14.0. The number of halogens is 1. The Morgan fingerprint density at radius 1 is 1.33 bits per heavy atom. The molecule has 1 aliphatic carbocycles. The highest BCUT2D eigenvalue weighted by molar-refractivity contribution is 9.10. The molecule has 3 heteroatoms. The van der Waals surface area contributed by atoms with E-state index in [1.807, 2.05) is 0 Å². The van der Waals surface area contributed by atoms with Crippen LogP contribution in [0.5, 0.6) is 0 Å². The molecule has 1 unspecified atom stereocenters. The van der Waals surface area contributed by atoms with Crippen LogP contribution >= 0.6 is 15.9 Å². The molecule has 2 N–H and O–H groups in total. The van der Waals surface area contributed by atoms with Crippen LogP contribution in [-0.2, 0) is 11.2 Å². The molecule has 0 aromatic heterocycles. The first-order chi connectivity index (χ1) is 8.67. The van der Waals surface area contributed by atoms with Crippen molar-refractivity contribution in [1.29, 1.82) is 0 Å². The van der Waals surface area contributed by atoms with E-state index in [0.29, 0.717) is 6.10 Å². The van der Waals surface area contributed by atoms with Crippen molar-refractivity contribution in [3.63, 3.8) is 0 Å². The van der Waals surface area contributed by atoms with Crippen LogP contribution < -0.4 is 5.73 Å². The molecule has 1 fully saturated rings. The predicted molar refractivity (Wildman–Crippen MR) is 78.6 cm³/mol. The Morgan fingerprint density at radius 3 is 2.61 bits per heavy atom. The van der Waals surface area contributed by atoms with E-state index >= 15 is 0 Å². The lowest BCUT2D eigenvalue weighted by Gasteiger charge is -2.36. The highest BCUT2D eigenvalue weighted by Gasteiger charge is 2.30. The van der Waals surface area contributed by atoms with Crippen molar-refractivity contribution in [3.05, 3.63) is 34.3 Å². The molecule has 0 amide bonds. The predicted octanol–water partition coefficient (Wildman–Crippen LogP) is 3.52. The number of ether oxygens (including phenoxy) is 1. The van der Waals surface area contributed by atoms with Crippen molar-refractivity contribution >= 4 is 15.9 Å². The molecule has 0 spiro atoms. The third-order valence-corrected chi connectivity index (χ3v) is 4.17. The van der Waals surface area contributed by atoms with Gasteiger partial charge in [-0.2, -0.15) is 0 Å². The zero-order chi connectivity index (χ0) is 13.0. The lowest BCUT2D eigenvalue weighted by atomic mass is 9.77. The molecular weight excluding hydrogens is 290 g/mol. The smallest absolute Gasteiger partial charge is 0.0580 e. The standard InChI is InChI=1S/C15H22BrNO/c1-2-18-15-9-12(10-15)8-14(17)7-11-3-5-13(16)6-4-11/h3-6,12,14-15H,2,7-10,17H2,1H3. The van der Waals surface area contributed by atoms with E-state index < -0.39 is 0 Å². The summed E-state index contributed by atoms with van der Waals surface area (Å²) < 4.78 is 6.70. The number of hydrogen-bond acceptors (Lipinski definition) is 2. The summed E-state index contributed by atoms with van der Waals surface area (Å²) >= 11 is 3.45. The molecule has 18 heavy (non-hydrogen) atoms. The van der Waals surface area contributed by atoms with Crippen molar-refractivity contribution in [2.24, 2.45) is 11.7 Å². The molecule has 100 valence electrons. The van der Waals surface area contributed by atoms with Crippen LogP contribution in [0.4, 0.5) is 0 Å². The maximum Gasteiger partial charge on any atom is 0.0580 e. The summed E-state index contributed by atoms with van der Waals surface area (Å²) in [6.45, 7) is 2.90. The summed E-state index contributed by atoms with van der Waals surface area (Å²) in [5.74, 6) is 0.770. The third kappa shape index (κ3) is 4.08. The molecule has 1 aromatic carbocycles. The van der Waals surface area contributed by atoms with E-state index in [4.69, 9.17) is 10.5 Å². The van der Waals surface area contributed by atoms with Gasteiger partial charge in [-0.05, 0) is 56.2 Å². The minimum Gasteiger partial charge on any atom is -0.378 e. The molecule has 1 saturated carbocycles. The van der Waals surface area contributed by atoms with E-state index in [1.54, 1.807) is 0 Å². The van der Waals surface area contributed by atoms with Gasteiger partial charge >= 0.3 is 0 Å². The largest absolute Gasteiger partial charge is 0.378 e. The van der Waals surface area contributed by atoms with Crippen LogP contribution in [0.2, 0.25) is 0 Å². The Labute approximate surface area is 118 Å². The average Bonchev–Trinajstić information content (AvgIpc) is 2.29. The maximum atomic E-state index is 6.22. The number of rotatable bonds is 6. The van der Waals surface area contributed by atoms with Gasteiger partial charge in [0.25, 0.3) is 0 Å². The molecule has 0 bridgehead atoms. The molecule has 1 atom stereocenters. The first-order valence-corrected chi connectivity index (χ1v) is 7.58.